The van der Waals surface area contributed by atoms with Gasteiger partial charge >= 0.3 is 5.97 Å². The van der Waals surface area contributed by atoms with Crippen LogP contribution in [0.25, 0.3) is 0 Å². The molecule has 1 aliphatic heterocycles. The number of rotatable bonds is 5. The maximum absolute atomic E-state index is 12.8. The fourth-order valence-electron chi connectivity index (χ4n) is 4.61. The average Bonchev–Trinajstić information content (AvgIpc) is 3.07. The van der Waals surface area contributed by atoms with E-state index in [-0.39, 0.29) is 12.5 Å². The predicted octanol–water partition coefficient (Wildman–Crippen LogP) is 2.56. The minimum Gasteiger partial charge on any atom is -0.450 e. The lowest BCUT2D eigenvalue weighted by molar-refractivity contribution is -0.172. The Morgan fingerprint density at radius 1 is 1.15 bits per heavy atom. The predicted molar refractivity (Wildman–Crippen MR) is 99.1 cm³/mol. The van der Waals surface area contributed by atoms with Crippen LogP contribution in [0.1, 0.15) is 37.7 Å². The van der Waals surface area contributed by atoms with E-state index in [1.54, 1.807) is 0 Å². The second kappa shape index (κ2) is 7.42. The number of carbonyl (C=O) groups excluding carboxylic acids is 1. The zero-order chi connectivity index (χ0) is 18.0. The molecule has 3 atom stereocenters. The van der Waals surface area contributed by atoms with E-state index in [1.165, 1.54) is 6.42 Å². The van der Waals surface area contributed by atoms with Crippen LogP contribution in [0.15, 0.2) is 30.3 Å². The Bertz CT molecular complexity index is 691. The van der Waals surface area contributed by atoms with Crippen LogP contribution in [0.5, 0.6) is 0 Å². The van der Waals surface area contributed by atoms with Crippen molar-refractivity contribution in [3.8, 4) is 11.8 Å². The first kappa shape index (κ1) is 17.6. The third-order valence-corrected chi connectivity index (χ3v) is 6.23. The third kappa shape index (κ3) is 3.51. The summed E-state index contributed by atoms with van der Waals surface area (Å²) in [7, 11) is 0. The van der Waals surface area contributed by atoms with E-state index in [9.17, 15) is 9.90 Å². The molecule has 0 aromatic heterocycles. The van der Waals surface area contributed by atoms with Gasteiger partial charge in [-0.3, -0.25) is 4.90 Å². The molecule has 2 aliphatic carbocycles. The first-order valence-corrected chi connectivity index (χ1v) is 9.81. The molecule has 0 amide bonds. The van der Waals surface area contributed by atoms with Gasteiger partial charge in [0.05, 0.1) is 6.54 Å². The lowest BCUT2D eigenvalue weighted by atomic mass is 9.80. The van der Waals surface area contributed by atoms with Gasteiger partial charge in [0.25, 0.3) is 0 Å². The Morgan fingerprint density at radius 2 is 1.85 bits per heavy atom. The molecule has 0 spiro atoms. The number of hydrogen-bond donors (Lipinski definition) is 1. The molecule has 3 fully saturated rings. The number of ether oxygens (including phenoxy) is 1. The topological polar surface area (TPSA) is 49.8 Å². The van der Waals surface area contributed by atoms with Gasteiger partial charge in [0.15, 0.2) is 12.2 Å². The van der Waals surface area contributed by atoms with E-state index in [0.717, 1.165) is 57.2 Å². The maximum Gasteiger partial charge on any atom is 0.344 e. The van der Waals surface area contributed by atoms with E-state index in [1.807, 2.05) is 30.3 Å². The molecular formula is C22H27NO3. The zero-order valence-corrected chi connectivity index (χ0v) is 15.2. The molecule has 4 rings (SSSR count). The van der Waals surface area contributed by atoms with Crippen molar-refractivity contribution < 1.29 is 14.6 Å². The molecule has 1 aromatic carbocycles. The Hall–Kier alpha value is -1.83. The summed E-state index contributed by atoms with van der Waals surface area (Å²) in [6, 6.07) is 9.21. The van der Waals surface area contributed by atoms with Gasteiger partial charge in [0.1, 0.15) is 0 Å². The number of nitrogens with zero attached hydrogens (tertiary/aromatic N) is 1. The van der Waals surface area contributed by atoms with Gasteiger partial charge in [-0.05, 0) is 36.7 Å². The van der Waals surface area contributed by atoms with Crippen LogP contribution in [0.3, 0.4) is 0 Å². The zero-order valence-electron chi connectivity index (χ0n) is 15.2. The quantitative estimate of drug-likeness (QED) is 0.653. The van der Waals surface area contributed by atoms with Crippen molar-refractivity contribution >= 4 is 5.97 Å². The number of benzene rings is 1. The van der Waals surface area contributed by atoms with Crippen LogP contribution in [-0.4, -0.2) is 42.2 Å². The number of aliphatic hydroxyl groups is 1. The average molecular weight is 353 g/mol. The van der Waals surface area contributed by atoms with Crippen LogP contribution in [0.4, 0.5) is 0 Å². The third-order valence-electron chi connectivity index (χ3n) is 6.23. The number of esters is 1. The molecule has 1 saturated heterocycles. The van der Waals surface area contributed by atoms with Crippen molar-refractivity contribution in [3.63, 3.8) is 0 Å². The molecular weight excluding hydrogens is 326 g/mol. The molecule has 0 bridgehead atoms. The summed E-state index contributed by atoms with van der Waals surface area (Å²) in [6.45, 7) is 3.11. The molecule has 1 aromatic rings. The number of hydrogen-bond acceptors (Lipinski definition) is 4. The van der Waals surface area contributed by atoms with Crippen molar-refractivity contribution in [2.45, 2.75) is 37.7 Å². The van der Waals surface area contributed by atoms with Gasteiger partial charge < -0.3 is 9.84 Å². The van der Waals surface area contributed by atoms with Crippen LogP contribution >= 0.6 is 0 Å². The highest BCUT2D eigenvalue weighted by molar-refractivity contribution is 5.81. The number of piperidine rings is 1. The van der Waals surface area contributed by atoms with Gasteiger partial charge in [-0.1, -0.05) is 55.0 Å². The lowest BCUT2D eigenvalue weighted by Gasteiger charge is -2.31. The van der Waals surface area contributed by atoms with Gasteiger partial charge in [-0.2, -0.15) is 0 Å². The van der Waals surface area contributed by atoms with Crippen LogP contribution in [-0.2, 0) is 15.1 Å². The fraction of sp³-hybridized carbons (Fsp3) is 0.591. The Kier molecular flexibility index (Phi) is 5.02. The Morgan fingerprint density at radius 3 is 2.54 bits per heavy atom. The smallest absolute Gasteiger partial charge is 0.344 e. The van der Waals surface area contributed by atoms with Gasteiger partial charge in [-0.15, -0.1) is 0 Å². The largest absolute Gasteiger partial charge is 0.450 e. The molecule has 138 valence electrons. The number of likely N-dealkylation sites (tertiary alicyclic amines) is 1. The summed E-state index contributed by atoms with van der Waals surface area (Å²) in [6.07, 6.45) is 5.18. The Balaban J connectivity index is 1.35. The van der Waals surface area contributed by atoms with Crippen molar-refractivity contribution in [1.29, 1.82) is 0 Å². The second-order valence-electron chi connectivity index (χ2n) is 7.99. The van der Waals surface area contributed by atoms with E-state index in [2.05, 4.69) is 16.7 Å². The van der Waals surface area contributed by atoms with E-state index in [0.29, 0.717) is 5.56 Å². The second-order valence-corrected chi connectivity index (χ2v) is 7.99. The van der Waals surface area contributed by atoms with E-state index < -0.39 is 11.6 Å². The van der Waals surface area contributed by atoms with Gasteiger partial charge in [0, 0.05) is 19.0 Å². The molecule has 0 radical (unpaired) electrons. The molecule has 2 saturated carbocycles. The molecule has 3 unspecified atom stereocenters. The number of fused-ring (bicyclic) bond motifs is 1. The molecule has 4 heteroatoms. The first-order chi connectivity index (χ1) is 12.7. The molecule has 4 nitrogen and oxygen atoms in total. The summed E-state index contributed by atoms with van der Waals surface area (Å²) in [5.41, 5.74) is -0.934. The van der Waals surface area contributed by atoms with Crippen molar-refractivity contribution in [1.82, 2.24) is 4.90 Å². The van der Waals surface area contributed by atoms with Gasteiger partial charge in [0.2, 0.25) is 0 Å². The highest BCUT2D eigenvalue weighted by atomic mass is 16.5. The summed E-state index contributed by atoms with van der Waals surface area (Å²) in [5.74, 6) is 7.21. The van der Waals surface area contributed by atoms with Gasteiger partial charge in [-0.25, -0.2) is 4.79 Å². The monoisotopic (exact) mass is 353 g/mol. The SMILES string of the molecule is O=C(OCC#CCN1CC2CC2C1)C(O)(c1ccccc1)C1CCCC1. The van der Waals surface area contributed by atoms with E-state index >= 15 is 0 Å². The Labute approximate surface area is 155 Å². The number of carbonyl (C=O) groups is 1. The van der Waals surface area contributed by atoms with E-state index in [4.69, 9.17) is 4.74 Å². The lowest BCUT2D eigenvalue weighted by Crippen LogP contribution is -2.43. The van der Waals surface area contributed by atoms with Crippen molar-refractivity contribution in [2.75, 3.05) is 26.2 Å². The summed E-state index contributed by atoms with van der Waals surface area (Å²) in [4.78, 5) is 15.1. The molecule has 1 heterocycles. The summed E-state index contributed by atoms with van der Waals surface area (Å²) < 4.78 is 5.39. The van der Waals surface area contributed by atoms with Crippen molar-refractivity contribution in [3.05, 3.63) is 35.9 Å². The highest BCUT2D eigenvalue weighted by Gasteiger charge is 2.47. The summed E-state index contributed by atoms with van der Waals surface area (Å²) >= 11 is 0. The summed E-state index contributed by atoms with van der Waals surface area (Å²) in [5, 5.41) is 11.3. The minimum atomic E-state index is -1.56. The molecule has 26 heavy (non-hydrogen) atoms. The molecule has 3 aliphatic rings. The fourth-order valence-corrected chi connectivity index (χ4v) is 4.61. The molecule has 1 N–H and O–H groups in total. The van der Waals surface area contributed by atoms with Crippen LogP contribution < -0.4 is 0 Å². The first-order valence-electron chi connectivity index (χ1n) is 9.81. The highest BCUT2D eigenvalue weighted by Crippen LogP contribution is 2.44. The normalized spacial score (nSPS) is 27.3. The van der Waals surface area contributed by atoms with Crippen LogP contribution in [0, 0.1) is 29.6 Å². The maximum atomic E-state index is 12.8. The minimum absolute atomic E-state index is 0.0430. The van der Waals surface area contributed by atoms with Crippen LogP contribution in [0.2, 0.25) is 0 Å². The standard InChI is InChI=1S/C22H27NO3/c24-21(26-13-7-6-12-23-15-17-14-18(17)16-23)22(25,20-10-4-5-11-20)19-8-2-1-3-9-19/h1-3,8-9,17-18,20,25H,4-5,10-16H2. The van der Waals surface area contributed by atoms with Crippen molar-refractivity contribution in [2.24, 2.45) is 17.8 Å².